The topological polar surface area (TPSA) is 51.5 Å². The van der Waals surface area contributed by atoms with Crippen LogP contribution in [0.3, 0.4) is 0 Å². The molecule has 1 aromatic carbocycles. The Balaban J connectivity index is 1.95. The van der Waals surface area contributed by atoms with Gasteiger partial charge in [-0.1, -0.05) is 23.7 Å². The first-order chi connectivity index (χ1) is 8.68. The molecule has 1 aliphatic rings. The van der Waals surface area contributed by atoms with Crippen LogP contribution in [0.2, 0.25) is 0 Å². The Labute approximate surface area is 109 Å². The summed E-state index contributed by atoms with van der Waals surface area (Å²) in [5.74, 6) is 0. The SMILES string of the molecule is O=c1c2ccccc2sn1CC1(O)CCOCC1. The molecule has 1 aliphatic heterocycles. The van der Waals surface area contributed by atoms with Gasteiger partial charge >= 0.3 is 0 Å². The van der Waals surface area contributed by atoms with Gasteiger partial charge in [0.05, 0.1) is 22.2 Å². The van der Waals surface area contributed by atoms with Gasteiger partial charge in [-0.3, -0.25) is 8.75 Å². The maximum Gasteiger partial charge on any atom is 0.268 e. The number of fused-ring (bicyclic) bond motifs is 1. The molecule has 0 radical (unpaired) electrons. The molecule has 1 N–H and O–H groups in total. The van der Waals surface area contributed by atoms with E-state index in [4.69, 9.17) is 4.74 Å². The molecule has 0 atom stereocenters. The van der Waals surface area contributed by atoms with E-state index in [2.05, 4.69) is 0 Å². The van der Waals surface area contributed by atoms with Crippen LogP contribution in [0.4, 0.5) is 0 Å². The van der Waals surface area contributed by atoms with E-state index < -0.39 is 5.60 Å². The van der Waals surface area contributed by atoms with Crippen molar-refractivity contribution in [3.05, 3.63) is 34.6 Å². The van der Waals surface area contributed by atoms with Crippen LogP contribution < -0.4 is 5.56 Å². The molecule has 0 bridgehead atoms. The second-order valence-corrected chi connectivity index (χ2v) is 5.83. The molecule has 3 rings (SSSR count). The highest BCUT2D eigenvalue weighted by Gasteiger charge is 2.31. The largest absolute Gasteiger partial charge is 0.388 e. The van der Waals surface area contributed by atoms with Crippen LogP contribution in [0.25, 0.3) is 10.1 Å². The Morgan fingerprint density at radius 1 is 1.33 bits per heavy atom. The molecular weight excluding hydrogens is 250 g/mol. The summed E-state index contributed by atoms with van der Waals surface area (Å²) in [6.07, 6.45) is 1.18. The zero-order valence-electron chi connectivity index (χ0n) is 9.96. The summed E-state index contributed by atoms with van der Waals surface area (Å²) in [7, 11) is 0. The highest BCUT2D eigenvalue weighted by molar-refractivity contribution is 7.13. The molecule has 0 aliphatic carbocycles. The van der Waals surface area contributed by atoms with Crippen molar-refractivity contribution < 1.29 is 9.84 Å². The third-order valence-corrected chi connectivity index (χ3v) is 4.48. The summed E-state index contributed by atoms with van der Waals surface area (Å²) in [5.41, 5.74) is -0.807. The minimum atomic E-state index is -0.803. The predicted molar refractivity (Wildman–Crippen MR) is 71.1 cm³/mol. The molecule has 1 aromatic heterocycles. The van der Waals surface area contributed by atoms with Gasteiger partial charge < -0.3 is 9.84 Å². The zero-order chi connectivity index (χ0) is 12.6. The van der Waals surface area contributed by atoms with Crippen LogP contribution in [-0.2, 0) is 11.3 Å². The fraction of sp³-hybridized carbons (Fsp3) is 0.462. The standard InChI is InChI=1S/C13H15NO3S/c15-12-10-3-1-2-4-11(10)18-14(12)9-13(16)5-7-17-8-6-13/h1-4,16H,5-9H2. The average molecular weight is 265 g/mol. The third kappa shape index (κ3) is 2.09. The molecule has 18 heavy (non-hydrogen) atoms. The van der Waals surface area contributed by atoms with Crippen molar-refractivity contribution in [3.63, 3.8) is 0 Å². The number of benzene rings is 1. The van der Waals surface area contributed by atoms with Gasteiger partial charge in [0.1, 0.15) is 0 Å². The molecule has 1 fully saturated rings. The Morgan fingerprint density at radius 2 is 2.06 bits per heavy atom. The van der Waals surface area contributed by atoms with Gasteiger partial charge in [0.2, 0.25) is 0 Å². The molecule has 5 heteroatoms. The summed E-state index contributed by atoms with van der Waals surface area (Å²) in [6, 6.07) is 7.56. The van der Waals surface area contributed by atoms with Crippen LogP contribution in [0, 0.1) is 0 Å². The van der Waals surface area contributed by atoms with E-state index in [1.165, 1.54) is 11.5 Å². The number of ether oxygens (including phenoxy) is 1. The molecule has 96 valence electrons. The van der Waals surface area contributed by atoms with Crippen LogP contribution >= 0.6 is 11.5 Å². The normalized spacial score (nSPS) is 19.2. The maximum atomic E-state index is 12.2. The van der Waals surface area contributed by atoms with Crippen LogP contribution in [-0.4, -0.2) is 27.9 Å². The van der Waals surface area contributed by atoms with Gasteiger partial charge in [-0.15, -0.1) is 0 Å². The van der Waals surface area contributed by atoms with Crippen LogP contribution in [0.1, 0.15) is 12.8 Å². The minimum absolute atomic E-state index is 0.00415. The lowest BCUT2D eigenvalue weighted by Gasteiger charge is -2.31. The Morgan fingerprint density at radius 3 is 2.78 bits per heavy atom. The molecule has 0 spiro atoms. The van der Waals surface area contributed by atoms with Crippen molar-refractivity contribution in [2.75, 3.05) is 13.2 Å². The predicted octanol–water partition coefficient (Wildman–Crippen LogP) is 1.60. The first-order valence-electron chi connectivity index (χ1n) is 6.07. The van der Waals surface area contributed by atoms with E-state index in [9.17, 15) is 9.90 Å². The van der Waals surface area contributed by atoms with Gasteiger partial charge in [-0.05, 0) is 12.1 Å². The van der Waals surface area contributed by atoms with E-state index in [1.807, 2.05) is 24.3 Å². The van der Waals surface area contributed by atoms with Crippen molar-refractivity contribution in [1.29, 1.82) is 0 Å². The number of aliphatic hydroxyl groups is 1. The Kier molecular flexibility index (Phi) is 2.97. The molecule has 2 heterocycles. The molecule has 4 nitrogen and oxygen atoms in total. The van der Waals surface area contributed by atoms with Crippen LogP contribution in [0.5, 0.6) is 0 Å². The summed E-state index contributed by atoms with van der Waals surface area (Å²) >= 11 is 1.42. The first-order valence-corrected chi connectivity index (χ1v) is 6.84. The van der Waals surface area contributed by atoms with Crippen LogP contribution in [0.15, 0.2) is 29.1 Å². The zero-order valence-corrected chi connectivity index (χ0v) is 10.8. The summed E-state index contributed by atoms with van der Waals surface area (Å²) in [4.78, 5) is 12.2. The van der Waals surface area contributed by atoms with Crippen molar-refractivity contribution in [2.24, 2.45) is 0 Å². The van der Waals surface area contributed by atoms with Crippen molar-refractivity contribution in [2.45, 2.75) is 25.0 Å². The fourth-order valence-corrected chi connectivity index (χ4v) is 3.41. The van der Waals surface area contributed by atoms with Gasteiger partial charge in [-0.25, -0.2) is 0 Å². The van der Waals surface area contributed by atoms with Crippen molar-refractivity contribution in [1.82, 2.24) is 3.96 Å². The summed E-state index contributed by atoms with van der Waals surface area (Å²) in [6.45, 7) is 1.50. The van der Waals surface area contributed by atoms with Gasteiger partial charge in [0, 0.05) is 26.1 Å². The molecule has 2 aromatic rings. The molecule has 0 saturated carbocycles. The fourth-order valence-electron chi connectivity index (χ4n) is 2.30. The van der Waals surface area contributed by atoms with Gasteiger partial charge in [0.15, 0.2) is 0 Å². The van der Waals surface area contributed by atoms with E-state index in [0.717, 1.165) is 10.1 Å². The summed E-state index contributed by atoms with van der Waals surface area (Å²) in [5, 5.41) is 11.2. The molecule has 0 unspecified atom stereocenters. The average Bonchev–Trinajstić information content (AvgIpc) is 2.67. The first kappa shape index (κ1) is 11.9. The van der Waals surface area contributed by atoms with Gasteiger partial charge in [0.25, 0.3) is 5.56 Å². The highest BCUT2D eigenvalue weighted by atomic mass is 32.1. The number of aromatic nitrogens is 1. The molecule has 1 saturated heterocycles. The molecular formula is C13H15NO3S. The minimum Gasteiger partial charge on any atom is -0.388 e. The number of rotatable bonds is 2. The van der Waals surface area contributed by atoms with E-state index in [1.54, 1.807) is 3.96 Å². The lowest BCUT2D eigenvalue weighted by atomic mass is 9.95. The highest BCUT2D eigenvalue weighted by Crippen LogP contribution is 2.24. The Bertz CT molecular complexity index is 610. The van der Waals surface area contributed by atoms with Gasteiger partial charge in [-0.2, -0.15) is 0 Å². The molecule has 0 amide bonds. The smallest absolute Gasteiger partial charge is 0.268 e. The monoisotopic (exact) mass is 265 g/mol. The number of hydrogen-bond donors (Lipinski definition) is 1. The second-order valence-electron chi connectivity index (χ2n) is 4.77. The Hall–Kier alpha value is -1.17. The van der Waals surface area contributed by atoms with Crippen molar-refractivity contribution >= 4 is 21.6 Å². The third-order valence-electron chi connectivity index (χ3n) is 3.41. The number of nitrogens with zero attached hydrogens (tertiary/aromatic N) is 1. The number of hydrogen-bond acceptors (Lipinski definition) is 4. The van der Waals surface area contributed by atoms with E-state index in [-0.39, 0.29) is 5.56 Å². The maximum absolute atomic E-state index is 12.2. The summed E-state index contributed by atoms with van der Waals surface area (Å²) < 4.78 is 7.88. The lowest BCUT2D eigenvalue weighted by Crippen LogP contribution is -2.41. The van der Waals surface area contributed by atoms with Crippen molar-refractivity contribution in [3.8, 4) is 0 Å². The van der Waals surface area contributed by atoms with E-state index in [0.29, 0.717) is 32.6 Å². The lowest BCUT2D eigenvalue weighted by molar-refractivity contribution is -0.0716. The second kappa shape index (κ2) is 4.50. The quantitative estimate of drug-likeness (QED) is 0.897. The van der Waals surface area contributed by atoms with E-state index >= 15 is 0 Å².